The molecule has 10 heteroatoms. The molecule has 1 fully saturated rings. The molecule has 0 radical (unpaired) electrons. The van der Waals surface area contributed by atoms with Crippen LogP contribution in [0.3, 0.4) is 0 Å². The summed E-state index contributed by atoms with van der Waals surface area (Å²) in [5.41, 5.74) is -3.81. The number of halogens is 3. The van der Waals surface area contributed by atoms with Gasteiger partial charge in [-0.15, -0.1) is 11.3 Å². The second-order valence-electron chi connectivity index (χ2n) is 5.44. The third-order valence-corrected chi connectivity index (χ3v) is 4.84. The van der Waals surface area contributed by atoms with Crippen LogP contribution in [-0.4, -0.2) is 33.8 Å². The summed E-state index contributed by atoms with van der Waals surface area (Å²) in [4.78, 5) is 28.6. The van der Waals surface area contributed by atoms with Crippen molar-refractivity contribution >= 4 is 23.2 Å². The predicted octanol–water partition coefficient (Wildman–Crippen LogP) is 2.25. The molecule has 1 aliphatic heterocycles. The van der Waals surface area contributed by atoms with E-state index < -0.39 is 35.7 Å². The number of rotatable bonds is 3. The maximum absolute atomic E-state index is 13.6. The van der Waals surface area contributed by atoms with Crippen LogP contribution in [-0.2, 0) is 0 Å². The van der Waals surface area contributed by atoms with E-state index in [2.05, 4.69) is 10.3 Å². The van der Waals surface area contributed by atoms with Crippen LogP contribution in [0.2, 0.25) is 0 Å². The minimum absolute atomic E-state index is 0.102. The Balaban J connectivity index is 2.14. The molecule has 0 aliphatic carbocycles. The second-order valence-corrected chi connectivity index (χ2v) is 6.42. The van der Waals surface area contributed by atoms with Gasteiger partial charge in [0.2, 0.25) is 5.72 Å². The van der Waals surface area contributed by atoms with Gasteiger partial charge in [0, 0.05) is 22.8 Å². The number of urea groups is 1. The predicted molar refractivity (Wildman–Crippen MR) is 81.8 cm³/mol. The van der Waals surface area contributed by atoms with E-state index in [9.17, 15) is 27.9 Å². The fourth-order valence-corrected chi connectivity index (χ4v) is 3.55. The van der Waals surface area contributed by atoms with E-state index in [1.165, 1.54) is 29.7 Å². The molecule has 2 aromatic rings. The van der Waals surface area contributed by atoms with Gasteiger partial charge in [-0.25, -0.2) is 4.79 Å². The van der Waals surface area contributed by atoms with Gasteiger partial charge >= 0.3 is 12.2 Å². The van der Waals surface area contributed by atoms with E-state index in [4.69, 9.17) is 0 Å². The molecule has 3 N–H and O–H groups in total. The van der Waals surface area contributed by atoms with Crippen LogP contribution in [0.5, 0.6) is 0 Å². The molecule has 1 saturated heterocycles. The lowest BCUT2D eigenvalue weighted by atomic mass is 9.79. The van der Waals surface area contributed by atoms with Gasteiger partial charge in [0.25, 0.3) is 0 Å². The molecule has 2 amide bonds. The molecule has 0 unspecified atom stereocenters. The van der Waals surface area contributed by atoms with Crippen molar-refractivity contribution < 1.29 is 27.9 Å². The zero-order valence-corrected chi connectivity index (χ0v) is 13.3. The summed E-state index contributed by atoms with van der Waals surface area (Å²) in [7, 11) is 0. The van der Waals surface area contributed by atoms with E-state index in [0.29, 0.717) is 4.88 Å². The number of aliphatic hydroxyl groups is 1. The van der Waals surface area contributed by atoms with Gasteiger partial charge in [-0.3, -0.25) is 9.78 Å². The maximum Gasteiger partial charge on any atom is 0.437 e. The summed E-state index contributed by atoms with van der Waals surface area (Å²) < 4.78 is 40.7. The molecular formula is C15H12F3N3O3S. The number of carbonyl (C=O) groups is 2. The van der Waals surface area contributed by atoms with Crippen LogP contribution in [0.4, 0.5) is 18.0 Å². The third-order valence-electron chi connectivity index (χ3n) is 3.88. The lowest BCUT2D eigenvalue weighted by Crippen LogP contribution is -2.72. The highest BCUT2D eigenvalue weighted by molar-refractivity contribution is 7.10. The number of Topliss-reactive ketones (excluding diaryl/α,β-unsaturated/α-hetero) is 1. The Bertz CT molecular complexity index is 782. The van der Waals surface area contributed by atoms with Crippen molar-refractivity contribution in [1.29, 1.82) is 0 Å². The highest BCUT2D eigenvalue weighted by atomic mass is 32.1. The number of alkyl halides is 3. The highest BCUT2D eigenvalue weighted by Gasteiger charge is 2.66. The SMILES string of the molecule is O=C1N[C@H](c2cccs2)[C@H](C(=O)c2cccnc2)[C@](O)(C(F)(F)F)N1. The van der Waals surface area contributed by atoms with Crippen LogP contribution in [0.1, 0.15) is 21.3 Å². The van der Waals surface area contributed by atoms with Gasteiger partial charge in [0.15, 0.2) is 5.78 Å². The van der Waals surface area contributed by atoms with Gasteiger partial charge in [-0.2, -0.15) is 13.2 Å². The molecular weight excluding hydrogens is 359 g/mol. The summed E-state index contributed by atoms with van der Waals surface area (Å²) in [6, 6.07) is 3.21. The van der Waals surface area contributed by atoms with E-state index in [-0.39, 0.29) is 5.56 Å². The summed E-state index contributed by atoms with van der Waals surface area (Å²) in [6.07, 6.45) is -2.78. The molecule has 6 nitrogen and oxygen atoms in total. The fourth-order valence-electron chi connectivity index (χ4n) is 2.73. The number of nitrogens with one attached hydrogen (secondary N) is 2. The summed E-state index contributed by atoms with van der Waals surface area (Å²) in [5, 5.41) is 15.7. The van der Waals surface area contributed by atoms with E-state index in [0.717, 1.165) is 17.5 Å². The monoisotopic (exact) mass is 371 g/mol. The van der Waals surface area contributed by atoms with Gasteiger partial charge in [-0.05, 0) is 23.6 Å². The Labute approximate surface area is 143 Å². The zero-order chi connectivity index (χ0) is 18.2. The standard InChI is InChI=1S/C15H12F3N3O3S/c16-15(17,18)14(24)10(12(22)8-3-1-5-19-7-8)11(20-13(23)21-14)9-4-2-6-25-9/h1-7,10-11,24H,(H2,20,21,23)/t10-,11-,14+/m1/s1. The van der Waals surface area contributed by atoms with Crippen molar-refractivity contribution in [2.45, 2.75) is 17.9 Å². The first-order chi connectivity index (χ1) is 11.7. The summed E-state index contributed by atoms with van der Waals surface area (Å²) >= 11 is 1.07. The lowest BCUT2D eigenvalue weighted by Gasteiger charge is -2.44. The van der Waals surface area contributed by atoms with E-state index in [1.807, 2.05) is 0 Å². The number of nitrogens with zero attached hydrogens (tertiary/aromatic N) is 1. The van der Waals surface area contributed by atoms with Gasteiger partial charge in [0.1, 0.15) is 5.92 Å². The minimum atomic E-state index is -5.26. The molecule has 132 valence electrons. The van der Waals surface area contributed by atoms with Crippen LogP contribution < -0.4 is 10.6 Å². The smallest absolute Gasteiger partial charge is 0.363 e. The first kappa shape index (κ1) is 17.4. The topological polar surface area (TPSA) is 91.3 Å². The summed E-state index contributed by atoms with van der Waals surface area (Å²) in [5.74, 6) is -3.01. The third kappa shape index (κ3) is 2.98. The van der Waals surface area contributed by atoms with Crippen LogP contribution in [0.25, 0.3) is 0 Å². The first-order valence-corrected chi connectivity index (χ1v) is 7.97. The Hall–Kier alpha value is -2.46. The van der Waals surface area contributed by atoms with Crippen molar-refractivity contribution in [1.82, 2.24) is 15.6 Å². The molecule has 25 heavy (non-hydrogen) atoms. The average Bonchev–Trinajstić information content (AvgIpc) is 3.08. The van der Waals surface area contributed by atoms with Gasteiger partial charge in [-0.1, -0.05) is 6.07 Å². The number of pyridine rings is 1. The first-order valence-electron chi connectivity index (χ1n) is 7.09. The maximum atomic E-state index is 13.6. The highest BCUT2D eigenvalue weighted by Crippen LogP contribution is 2.44. The number of carbonyl (C=O) groups excluding carboxylic acids is 2. The summed E-state index contributed by atoms with van der Waals surface area (Å²) in [6.45, 7) is 0. The molecule has 0 spiro atoms. The molecule has 0 aromatic carbocycles. The molecule has 3 rings (SSSR count). The second kappa shape index (κ2) is 6.12. The Morgan fingerprint density at radius 2 is 2.08 bits per heavy atom. The molecule has 0 saturated carbocycles. The number of thiophene rings is 1. The van der Waals surface area contributed by atoms with E-state index >= 15 is 0 Å². The van der Waals surface area contributed by atoms with Crippen molar-refractivity contribution in [2.75, 3.05) is 0 Å². The Morgan fingerprint density at radius 3 is 2.64 bits per heavy atom. The molecule has 1 aliphatic rings. The van der Waals surface area contributed by atoms with Crippen molar-refractivity contribution in [3.8, 4) is 0 Å². The van der Waals surface area contributed by atoms with Crippen molar-refractivity contribution in [2.24, 2.45) is 5.92 Å². The lowest BCUT2D eigenvalue weighted by molar-refractivity contribution is -0.287. The normalized spacial score (nSPS) is 26.6. The van der Waals surface area contributed by atoms with Crippen molar-refractivity contribution in [3.05, 3.63) is 52.5 Å². The zero-order valence-electron chi connectivity index (χ0n) is 12.4. The number of aromatic nitrogens is 1. The van der Waals surface area contributed by atoms with Crippen LogP contribution in [0, 0.1) is 5.92 Å². The van der Waals surface area contributed by atoms with Crippen LogP contribution >= 0.6 is 11.3 Å². The van der Waals surface area contributed by atoms with Gasteiger partial charge < -0.3 is 15.7 Å². The van der Waals surface area contributed by atoms with Crippen molar-refractivity contribution in [3.63, 3.8) is 0 Å². The van der Waals surface area contributed by atoms with Crippen LogP contribution in [0.15, 0.2) is 42.0 Å². The number of amides is 2. The minimum Gasteiger partial charge on any atom is -0.363 e. The Kier molecular flexibility index (Phi) is 4.25. The number of hydrogen-bond donors (Lipinski definition) is 3. The largest absolute Gasteiger partial charge is 0.437 e. The van der Waals surface area contributed by atoms with Gasteiger partial charge in [0.05, 0.1) is 6.04 Å². The molecule has 3 atom stereocenters. The number of hydrogen-bond acceptors (Lipinski definition) is 5. The van der Waals surface area contributed by atoms with E-state index in [1.54, 1.807) is 11.4 Å². The fraction of sp³-hybridized carbons (Fsp3) is 0.267. The molecule has 0 bridgehead atoms. The number of ketones is 1. The Morgan fingerprint density at radius 1 is 1.32 bits per heavy atom. The molecule has 3 heterocycles. The quantitative estimate of drug-likeness (QED) is 0.722. The molecule has 2 aromatic heterocycles. The average molecular weight is 371 g/mol.